The lowest BCUT2D eigenvalue weighted by molar-refractivity contribution is -0.0670. The third-order valence-electron chi connectivity index (χ3n) is 3.05. The largest absolute Gasteiger partial charge is 0.352 e. The summed E-state index contributed by atoms with van der Waals surface area (Å²) in [6.07, 6.45) is 7.71. The first kappa shape index (κ1) is 17.4. The molecule has 2 heteroatoms. The molecule has 0 aromatic carbocycles. The third-order valence-corrected chi connectivity index (χ3v) is 3.05. The summed E-state index contributed by atoms with van der Waals surface area (Å²) in [6.45, 7) is 11.1. The summed E-state index contributed by atoms with van der Waals surface area (Å²) >= 11 is 0. The maximum Gasteiger partial charge on any atom is 0.176 e. The van der Waals surface area contributed by atoms with Crippen LogP contribution in [0, 0.1) is 5.41 Å². The minimum absolute atomic E-state index is 0.247. The lowest BCUT2D eigenvalue weighted by atomic mass is 9.89. The molecule has 0 saturated heterocycles. The fourth-order valence-corrected chi connectivity index (χ4v) is 1.68. The second-order valence-electron chi connectivity index (χ2n) is 6.03. The second-order valence-corrected chi connectivity index (χ2v) is 6.03. The number of methoxy groups -OCH3 is 2. The van der Waals surface area contributed by atoms with Crippen molar-refractivity contribution in [2.24, 2.45) is 5.41 Å². The Kier molecular flexibility index (Phi) is 8.21. The van der Waals surface area contributed by atoms with Gasteiger partial charge in [-0.3, -0.25) is 0 Å². The van der Waals surface area contributed by atoms with E-state index in [0.717, 1.165) is 6.42 Å². The lowest BCUT2D eigenvalue weighted by Crippen LogP contribution is -2.09. The molecule has 0 aliphatic heterocycles. The third kappa shape index (κ3) is 8.48. The average molecular weight is 254 g/mol. The van der Waals surface area contributed by atoms with Gasteiger partial charge in [0.2, 0.25) is 0 Å². The van der Waals surface area contributed by atoms with Crippen LogP contribution in [-0.2, 0) is 9.47 Å². The Labute approximate surface area is 113 Å². The molecular formula is C16H30O2. The molecule has 18 heavy (non-hydrogen) atoms. The van der Waals surface area contributed by atoms with E-state index >= 15 is 0 Å². The van der Waals surface area contributed by atoms with Crippen molar-refractivity contribution < 1.29 is 9.47 Å². The Hall–Kier alpha value is -0.600. The van der Waals surface area contributed by atoms with Gasteiger partial charge in [-0.25, -0.2) is 0 Å². The normalized spacial score (nSPS) is 14.4. The molecule has 0 aromatic rings. The number of rotatable bonds is 7. The van der Waals surface area contributed by atoms with Crippen LogP contribution in [-0.4, -0.2) is 20.5 Å². The zero-order valence-corrected chi connectivity index (χ0v) is 13.2. The first-order valence-electron chi connectivity index (χ1n) is 6.71. The van der Waals surface area contributed by atoms with E-state index in [1.165, 1.54) is 24.0 Å². The summed E-state index contributed by atoms with van der Waals surface area (Å²) in [6, 6.07) is 0. The van der Waals surface area contributed by atoms with E-state index in [1.54, 1.807) is 14.2 Å². The fourth-order valence-electron chi connectivity index (χ4n) is 1.68. The van der Waals surface area contributed by atoms with Gasteiger partial charge >= 0.3 is 0 Å². The molecular weight excluding hydrogens is 224 g/mol. The van der Waals surface area contributed by atoms with Crippen LogP contribution in [0.2, 0.25) is 0 Å². The summed E-state index contributed by atoms with van der Waals surface area (Å²) < 4.78 is 10.3. The van der Waals surface area contributed by atoms with Gasteiger partial charge in [0, 0.05) is 14.2 Å². The van der Waals surface area contributed by atoms with Gasteiger partial charge in [0.05, 0.1) is 0 Å². The molecule has 2 nitrogen and oxygen atoms in total. The molecule has 0 saturated carbocycles. The molecule has 0 atom stereocenters. The van der Waals surface area contributed by atoms with E-state index in [4.69, 9.17) is 9.47 Å². The molecule has 0 N–H and O–H groups in total. The van der Waals surface area contributed by atoms with Crippen molar-refractivity contribution >= 4 is 0 Å². The van der Waals surface area contributed by atoms with Crippen LogP contribution in [0.25, 0.3) is 0 Å². The Morgan fingerprint density at radius 1 is 1.06 bits per heavy atom. The van der Waals surface area contributed by atoms with Gasteiger partial charge in [-0.15, -0.1) is 0 Å². The molecule has 0 radical (unpaired) electrons. The number of ether oxygens (including phenoxy) is 2. The summed E-state index contributed by atoms with van der Waals surface area (Å²) in [5, 5.41) is 0. The summed E-state index contributed by atoms with van der Waals surface area (Å²) in [4.78, 5) is 0. The van der Waals surface area contributed by atoms with Crippen molar-refractivity contribution in [3.05, 3.63) is 23.3 Å². The van der Waals surface area contributed by atoms with Crippen LogP contribution in [0.4, 0.5) is 0 Å². The summed E-state index contributed by atoms with van der Waals surface area (Å²) in [5.74, 6) is 0. The van der Waals surface area contributed by atoms with Crippen LogP contribution in [0.1, 0.15) is 53.9 Å². The minimum atomic E-state index is -0.247. The van der Waals surface area contributed by atoms with E-state index < -0.39 is 0 Å². The zero-order valence-electron chi connectivity index (χ0n) is 13.2. The molecule has 0 bridgehead atoms. The van der Waals surface area contributed by atoms with Crippen molar-refractivity contribution in [3.63, 3.8) is 0 Å². The maximum absolute atomic E-state index is 5.16. The monoisotopic (exact) mass is 254 g/mol. The molecule has 0 rings (SSSR count). The van der Waals surface area contributed by atoms with E-state index in [1.807, 2.05) is 6.08 Å². The highest BCUT2D eigenvalue weighted by atomic mass is 16.7. The van der Waals surface area contributed by atoms with E-state index in [9.17, 15) is 0 Å². The number of unbranched alkanes of at least 4 members (excludes halogenated alkanes) is 1. The Balaban J connectivity index is 4.24. The fraction of sp³-hybridized carbons (Fsp3) is 0.750. The quantitative estimate of drug-likeness (QED) is 0.372. The average Bonchev–Trinajstić information content (AvgIpc) is 2.29. The van der Waals surface area contributed by atoms with Crippen LogP contribution in [0.3, 0.4) is 0 Å². The molecule has 0 aliphatic carbocycles. The first-order valence-corrected chi connectivity index (χ1v) is 6.71. The van der Waals surface area contributed by atoms with Gasteiger partial charge in [0.1, 0.15) is 0 Å². The molecule has 0 aromatic heterocycles. The van der Waals surface area contributed by atoms with Crippen molar-refractivity contribution in [1.29, 1.82) is 0 Å². The van der Waals surface area contributed by atoms with Crippen LogP contribution >= 0.6 is 0 Å². The predicted molar refractivity (Wildman–Crippen MR) is 78.6 cm³/mol. The Morgan fingerprint density at radius 2 is 1.61 bits per heavy atom. The van der Waals surface area contributed by atoms with Crippen molar-refractivity contribution in [1.82, 2.24) is 0 Å². The smallest absolute Gasteiger partial charge is 0.176 e. The standard InChI is InChI=1S/C16H30O2/c1-13(10-8-9-11-16(3,4)5)14(2)12-15(17-6)18-7/h10,12,15H,8-9,11H2,1-7H3/b13-10+,14-12+. The van der Waals surface area contributed by atoms with Crippen molar-refractivity contribution in [2.45, 2.75) is 60.2 Å². The highest BCUT2D eigenvalue weighted by Gasteiger charge is 2.08. The zero-order chi connectivity index (χ0) is 14.2. The molecule has 0 fully saturated rings. The molecule has 106 valence electrons. The summed E-state index contributed by atoms with van der Waals surface area (Å²) in [5.41, 5.74) is 2.96. The molecule has 0 spiro atoms. The molecule has 0 unspecified atom stereocenters. The Bertz CT molecular complexity index is 278. The van der Waals surface area contributed by atoms with Crippen LogP contribution < -0.4 is 0 Å². The number of hydrogen-bond donors (Lipinski definition) is 0. The SMILES string of the molecule is COC(/C=C(C)/C(C)=C/CCCC(C)(C)C)OC. The predicted octanol–water partition coefficient (Wildman–Crippen LogP) is 4.71. The van der Waals surface area contributed by atoms with Gasteiger partial charge in [0.15, 0.2) is 6.29 Å². The number of allylic oxidation sites excluding steroid dienone is 3. The van der Waals surface area contributed by atoms with E-state index in [-0.39, 0.29) is 6.29 Å². The summed E-state index contributed by atoms with van der Waals surface area (Å²) in [7, 11) is 3.31. The second kappa shape index (κ2) is 8.49. The minimum Gasteiger partial charge on any atom is -0.352 e. The van der Waals surface area contributed by atoms with Crippen LogP contribution in [0.5, 0.6) is 0 Å². The maximum atomic E-state index is 5.16. The van der Waals surface area contributed by atoms with Gasteiger partial charge in [-0.2, -0.15) is 0 Å². The first-order chi connectivity index (χ1) is 8.30. The van der Waals surface area contributed by atoms with Crippen LogP contribution in [0.15, 0.2) is 23.3 Å². The highest BCUT2D eigenvalue weighted by Crippen LogP contribution is 2.22. The molecule has 0 amide bonds. The number of hydrogen-bond acceptors (Lipinski definition) is 2. The topological polar surface area (TPSA) is 18.5 Å². The Morgan fingerprint density at radius 3 is 2.06 bits per heavy atom. The van der Waals surface area contributed by atoms with Gasteiger partial charge in [0.25, 0.3) is 0 Å². The van der Waals surface area contributed by atoms with E-state index in [0.29, 0.717) is 5.41 Å². The van der Waals surface area contributed by atoms with E-state index in [2.05, 4.69) is 40.7 Å². The van der Waals surface area contributed by atoms with Crippen molar-refractivity contribution in [2.75, 3.05) is 14.2 Å². The van der Waals surface area contributed by atoms with Gasteiger partial charge < -0.3 is 9.47 Å². The van der Waals surface area contributed by atoms with Gasteiger partial charge in [-0.1, -0.05) is 32.4 Å². The lowest BCUT2D eigenvalue weighted by Gasteiger charge is -2.17. The highest BCUT2D eigenvalue weighted by molar-refractivity contribution is 5.27. The molecule has 0 heterocycles. The van der Waals surface area contributed by atoms with Gasteiger partial charge in [-0.05, 0) is 50.2 Å². The van der Waals surface area contributed by atoms with Crippen molar-refractivity contribution in [3.8, 4) is 0 Å². The molecule has 0 aliphatic rings.